The molecule has 1 N–H and O–H groups in total. The summed E-state index contributed by atoms with van der Waals surface area (Å²) in [6, 6.07) is 24.1. The number of ether oxygens (including phenoxy) is 1. The third-order valence-electron chi connectivity index (χ3n) is 5.05. The van der Waals surface area contributed by atoms with Crippen molar-refractivity contribution >= 4 is 6.03 Å². The fourth-order valence-electron chi connectivity index (χ4n) is 3.45. The Hall–Kier alpha value is -3.27. The van der Waals surface area contributed by atoms with Crippen molar-refractivity contribution in [1.82, 2.24) is 10.2 Å². The number of methoxy groups -OCH3 is 1. The maximum absolute atomic E-state index is 12.8. The Bertz CT molecular complexity index is 970. The van der Waals surface area contributed by atoms with Gasteiger partial charge in [-0.05, 0) is 36.6 Å². The van der Waals surface area contributed by atoms with Crippen molar-refractivity contribution in [3.05, 3.63) is 89.5 Å². The zero-order valence-electron chi connectivity index (χ0n) is 17.5. The van der Waals surface area contributed by atoms with Crippen molar-refractivity contribution in [2.24, 2.45) is 0 Å². The molecule has 150 valence electrons. The van der Waals surface area contributed by atoms with Gasteiger partial charge in [0.1, 0.15) is 5.75 Å². The SMILES string of the molecule is COc1ccc(C)cc1C(C)NC(=O)N(C)Cc1ccccc1-c1ccccc1. The molecular formula is C25H28N2O2. The van der Waals surface area contributed by atoms with Gasteiger partial charge in [-0.25, -0.2) is 4.79 Å². The quantitative estimate of drug-likeness (QED) is 0.599. The molecule has 4 nitrogen and oxygen atoms in total. The monoisotopic (exact) mass is 388 g/mol. The molecule has 0 fully saturated rings. The summed E-state index contributed by atoms with van der Waals surface area (Å²) in [4.78, 5) is 14.5. The number of hydrogen-bond acceptors (Lipinski definition) is 2. The molecule has 3 rings (SSSR count). The normalized spacial score (nSPS) is 11.6. The number of benzene rings is 3. The minimum atomic E-state index is -0.163. The van der Waals surface area contributed by atoms with Crippen molar-refractivity contribution in [3.8, 4) is 16.9 Å². The van der Waals surface area contributed by atoms with Crippen LogP contribution in [0.5, 0.6) is 5.75 Å². The third-order valence-corrected chi connectivity index (χ3v) is 5.05. The maximum Gasteiger partial charge on any atom is 0.317 e. The van der Waals surface area contributed by atoms with Crippen molar-refractivity contribution in [2.45, 2.75) is 26.4 Å². The van der Waals surface area contributed by atoms with E-state index >= 15 is 0 Å². The fraction of sp³-hybridized carbons (Fsp3) is 0.240. The first-order chi connectivity index (χ1) is 14.0. The number of carbonyl (C=O) groups is 1. The van der Waals surface area contributed by atoms with Gasteiger partial charge in [-0.1, -0.05) is 72.3 Å². The average molecular weight is 389 g/mol. The van der Waals surface area contributed by atoms with Crippen LogP contribution in [0.25, 0.3) is 11.1 Å². The Morgan fingerprint density at radius 1 is 1.03 bits per heavy atom. The molecule has 0 heterocycles. The van der Waals surface area contributed by atoms with Crippen molar-refractivity contribution < 1.29 is 9.53 Å². The lowest BCUT2D eigenvalue weighted by Gasteiger charge is -2.24. The first-order valence-electron chi connectivity index (χ1n) is 9.79. The van der Waals surface area contributed by atoms with E-state index in [4.69, 9.17) is 4.74 Å². The Kier molecular flexibility index (Phi) is 6.55. The van der Waals surface area contributed by atoms with Gasteiger partial charge in [-0.15, -0.1) is 0 Å². The molecule has 0 aliphatic rings. The number of aryl methyl sites for hydroxylation is 1. The molecular weight excluding hydrogens is 360 g/mol. The molecule has 4 heteroatoms. The lowest BCUT2D eigenvalue weighted by Crippen LogP contribution is -2.38. The van der Waals surface area contributed by atoms with Gasteiger partial charge in [0.25, 0.3) is 0 Å². The smallest absolute Gasteiger partial charge is 0.317 e. The second-order valence-electron chi connectivity index (χ2n) is 7.30. The molecule has 0 saturated carbocycles. The summed E-state index contributed by atoms with van der Waals surface area (Å²) < 4.78 is 5.46. The summed E-state index contributed by atoms with van der Waals surface area (Å²) in [6.07, 6.45) is 0. The van der Waals surface area contributed by atoms with Crippen LogP contribution < -0.4 is 10.1 Å². The number of rotatable bonds is 6. The molecule has 0 bridgehead atoms. The first kappa shape index (κ1) is 20.5. The zero-order chi connectivity index (χ0) is 20.8. The Morgan fingerprint density at radius 3 is 2.45 bits per heavy atom. The van der Waals surface area contributed by atoms with Crippen molar-refractivity contribution in [1.29, 1.82) is 0 Å². The van der Waals surface area contributed by atoms with Crippen LogP contribution in [0.15, 0.2) is 72.8 Å². The van der Waals surface area contributed by atoms with Crippen molar-refractivity contribution in [2.75, 3.05) is 14.2 Å². The number of hydrogen-bond donors (Lipinski definition) is 1. The molecule has 0 radical (unpaired) electrons. The summed E-state index contributed by atoms with van der Waals surface area (Å²) in [7, 11) is 3.46. The zero-order valence-corrected chi connectivity index (χ0v) is 17.5. The largest absolute Gasteiger partial charge is 0.496 e. The highest BCUT2D eigenvalue weighted by molar-refractivity contribution is 5.75. The van der Waals surface area contributed by atoms with Crippen LogP contribution in [0.2, 0.25) is 0 Å². The molecule has 0 aliphatic heterocycles. The Morgan fingerprint density at radius 2 is 1.72 bits per heavy atom. The second-order valence-corrected chi connectivity index (χ2v) is 7.30. The predicted octanol–water partition coefficient (Wildman–Crippen LogP) is 5.57. The lowest BCUT2D eigenvalue weighted by molar-refractivity contribution is 0.203. The molecule has 0 saturated heterocycles. The molecule has 0 aromatic heterocycles. The standard InChI is InChI=1S/C25H28N2O2/c1-18-14-15-24(29-4)23(16-18)19(2)26-25(28)27(3)17-21-12-8-9-13-22(21)20-10-6-5-7-11-20/h5-16,19H,17H2,1-4H3,(H,26,28). The highest BCUT2D eigenvalue weighted by atomic mass is 16.5. The fourth-order valence-corrected chi connectivity index (χ4v) is 3.45. The molecule has 3 aromatic rings. The summed E-state index contributed by atoms with van der Waals surface area (Å²) >= 11 is 0. The highest BCUT2D eigenvalue weighted by Crippen LogP contribution is 2.27. The van der Waals surface area contributed by atoms with E-state index in [9.17, 15) is 4.79 Å². The Balaban J connectivity index is 1.73. The van der Waals surface area contributed by atoms with Gasteiger partial charge in [0.2, 0.25) is 0 Å². The molecule has 1 atom stereocenters. The van der Waals surface area contributed by atoms with E-state index in [0.717, 1.165) is 33.6 Å². The van der Waals surface area contributed by atoms with Crippen LogP contribution >= 0.6 is 0 Å². The van der Waals surface area contributed by atoms with Gasteiger partial charge in [0.05, 0.1) is 13.2 Å². The molecule has 0 spiro atoms. The number of nitrogens with one attached hydrogen (secondary N) is 1. The second kappa shape index (κ2) is 9.28. The topological polar surface area (TPSA) is 41.6 Å². The lowest BCUT2D eigenvalue weighted by atomic mass is 9.99. The van der Waals surface area contributed by atoms with E-state index < -0.39 is 0 Å². The van der Waals surface area contributed by atoms with Gasteiger partial charge in [-0.2, -0.15) is 0 Å². The van der Waals surface area contributed by atoms with Crippen LogP contribution in [0, 0.1) is 6.92 Å². The first-order valence-corrected chi connectivity index (χ1v) is 9.79. The van der Waals surface area contributed by atoms with E-state index in [2.05, 4.69) is 35.6 Å². The van der Waals surface area contributed by atoms with E-state index in [0.29, 0.717) is 6.54 Å². The predicted molar refractivity (Wildman–Crippen MR) is 118 cm³/mol. The van der Waals surface area contributed by atoms with E-state index in [1.165, 1.54) is 0 Å². The Labute approximate surface area is 173 Å². The van der Waals surface area contributed by atoms with E-state index in [-0.39, 0.29) is 12.1 Å². The average Bonchev–Trinajstić information content (AvgIpc) is 2.74. The third kappa shape index (κ3) is 4.96. The highest BCUT2D eigenvalue weighted by Gasteiger charge is 2.18. The summed E-state index contributed by atoms with van der Waals surface area (Å²) in [5, 5.41) is 3.08. The van der Waals surface area contributed by atoms with Crippen molar-refractivity contribution in [3.63, 3.8) is 0 Å². The number of nitrogens with zero attached hydrogens (tertiary/aromatic N) is 1. The van der Waals surface area contributed by atoms with E-state index in [1.54, 1.807) is 12.0 Å². The van der Waals surface area contributed by atoms with Crippen LogP contribution in [0.4, 0.5) is 4.79 Å². The number of carbonyl (C=O) groups excluding carboxylic acids is 1. The van der Waals surface area contributed by atoms with Gasteiger partial charge in [-0.3, -0.25) is 0 Å². The van der Waals surface area contributed by atoms with E-state index in [1.807, 2.05) is 63.4 Å². The number of amides is 2. The maximum atomic E-state index is 12.8. The van der Waals surface area contributed by atoms with Gasteiger partial charge >= 0.3 is 6.03 Å². The van der Waals surface area contributed by atoms with Gasteiger partial charge in [0.15, 0.2) is 0 Å². The summed E-state index contributed by atoms with van der Waals surface area (Å²) in [6.45, 7) is 4.53. The van der Waals surface area contributed by atoms with Crippen LogP contribution in [-0.2, 0) is 6.54 Å². The molecule has 1 unspecified atom stereocenters. The minimum absolute atomic E-state index is 0.121. The number of urea groups is 1. The minimum Gasteiger partial charge on any atom is -0.496 e. The molecule has 2 amide bonds. The van der Waals surface area contributed by atoms with Crippen LogP contribution in [0.1, 0.15) is 29.7 Å². The molecule has 3 aromatic carbocycles. The van der Waals surface area contributed by atoms with Gasteiger partial charge < -0.3 is 15.0 Å². The summed E-state index contributed by atoms with van der Waals surface area (Å²) in [5.74, 6) is 0.778. The van der Waals surface area contributed by atoms with Crippen LogP contribution in [-0.4, -0.2) is 25.1 Å². The molecule has 0 aliphatic carbocycles. The van der Waals surface area contributed by atoms with Crippen LogP contribution in [0.3, 0.4) is 0 Å². The molecule has 29 heavy (non-hydrogen) atoms. The summed E-state index contributed by atoms with van der Waals surface area (Å²) in [5.41, 5.74) is 5.50. The van der Waals surface area contributed by atoms with Gasteiger partial charge in [0, 0.05) is 19.2 Å².